The van der Waals surface area contributed by atoms with Gasteiger partial charge in [-0.3, -0.25) is 19.3 Å². The highest BCUT2D eigenvalue weighted by Gasteiger charge is 2.43. The molecule has 2 aromatic carbocycles. The largest absolute Gasteiger partial charge is 0.324 e. The van der Waals surface area contributed by atoms with E-state index in [1.165, 1.54) is 43.3 Å². The van der Waals surface area contributed by atoms with E-state index in [0.29, 0.717) is 21.4 Å². The second kappa shape index (κ2) is 8.52. The number of hydrogen-bond acceptors (Lipinski definition) is 5. The van der Waals surface area contributed by atoms with Crippen molar-refractivity contribution in [3.63, 3.8) is 0 Å². The third-order valence-corrected chi connectivity index (χ3v) is 7.35. The number of sulfonamides is 1. The zero-order chi connectivity index (χ0) is 23.1. The van der Waals surface area contributed by atoms with Crippen LogP contribution in [-0.4, -0.2) is 50.5 Å². The number of fused-ring (bicyclic) bond motifs is 1. The summed E-state index contributed by atoms with van der Waals surface area (Å²) in [4.78, 5) is 39.6. The van der Waals surface area contributed by atoms with E-state index >= 15 is 0 Å². The van der Waals surface area contributed by atoms with Crippen LogP contribution >= 0.6 is 15.9 Å². The molecule has 1 aliphatic heterocycles. The van der Waals surface area contributed by atoms with E-state index in [0.717, 1.165) is 4.31 Å². The molecule has 0 aromatic heterocycles. The van der Waals surface area contributed by atoms with Gasteiger partial charge in [0.05, 0.1) is 16.1 Å². The lowest BCUT2D eigenvalue weighted by molar-refractivity contribution is -0.121. The molecule has 0 spiro atoms. The maximum Gasteiger partial charge on any atom is 0.300 e. The first kappa shape index (κ1) is 23.1. The number of aryl methyl sites for hydroxylation is 1. The van der Waals surface area contributed by atoms with Gasteiger partial charge in [-0.15, -0.1) is 0 Å². The SMILES string of the molecule is CCC(C(=O)Nc1ccc(S(=O)(=O)N(C)C)cc1)N1C(=O)C(=O)c2cc(Br)cc(C)c21. The van der Waals surface area contributed by atoms with Crippen molar-refractivity contribution in [3.05, 3.63) is 52.0 Å². The average Bonchev–Trinajstić information content (AvgIpc) is 2.94. The van der Waals surface area contributed by atoms with Crippen LogP contribution in [0.25, 0.3) is 0 Å². The first-order valence-corrected chi connectivity index (χ1v) is 11.7. The molecule has 1 unspecified atom stereocenters. The van der Waals surface area contributed by atoms with Crippen molar-refractivity contribution in [2.24, 2.45) is 0 Å². The number of halogens is 1. The summed E-state index contributed by atoms with van der Waals surface area (Å²) in [6, 6.07) is 8.22. The molecule has 0 fully saturated rings. The number of carbonyl (C=O) groups is 3. The van der Waals surface area contributed by atoms with E-state index in [1.807, 2.05) is 0 Å². The third kappa shape index (κ3) is 4.15. The topological polar surface area (TPSA) is 104 Å². The van der Waals surface area contributed by atoms with Gasteiger partial charge in [-0.25, -0.2) is 12.7 Å². The van der Waals surface area contributed by atoms with Crippen LogP contribution in [0.3, 0.4) is 0 Å². The summed E-state index contributed by atoms with van der Waals surface area (Å²) in [5, 5.41) is 2.71. The number of benzene rings is 2. The smallest absolute Gasteiger partial charge is 0.300 e. The van der Waals surface area contributed by atoms with E-state index in [1.54, 1.807) is 26.0 Å². The number of ketones is 1. The minimum absolute atomic E-state index is 0.0954. The molecule has 0 radical (unpaired) electrons. The van der Waals surface area contributed by atoms with Crippen molar-refractivity contribution in [2.75, 3.05) is 24.3 Å². The Hall–Kier alpha value is -2.56. The van der Waals surface area contributed by atoms with Crippen molar-refractivity contribution < 1.29 is 22.8 Å². The van der Waals surface area contributed by atoms with Crippen LogP contribution < -0.4 is 10.2 Å². The lowest BCUT2D eigenvalue weighted by Crippen LogP contribution is -2.46. The second-order valence-electron chi connectivity index (χ2n) is 7.35. The van der Waals surface area contributed by atoms with Gasteiger partial charge >= 0.3 is 0 Å². The number of anilines is 2. The molecule has 10 heteroatoms. The maximum atomic E-state index is 13.0. The highest BCUT2D eigenvalue weighted by Crippen LogP contribution is 2.37. The number of Topliss-reactive ketones (excluding diaryl/α,β-unsaturated/α-hetero) is 1. The molecule has 0 saturated heterocycles. The van der Waals surface area contributed by atoms with Crippen LogP contribution in [0.5, 0.6) is 0 Å². The van der Waals surface area contributed by atoms with Gasteiger partial charge in [-0.1, -0.05) is 22.9 Å². The van der Waals surface area contributed by atoms with Crippen LogP contribution in [0.4, 0.5) is 11.4 Å². The van der Waals surface area contributed by atoms with Gasteiger partial charge in [-0.2, -0.15) is 0 Å². The van der Waals surface area contributed by atoms with Crippen molar-refractivity contribution in [2.45, 2.75) is 31.2 Å². The van der Waals surface area contributed by atoms with Gasteiger partial charge in [0.2, 0.25) is 15.9 Å². The molecule has 1 heterocycles. The van der Waals surface area contributed by atoms with Crippen LogP contribution in [0, 0.1) is 6.92 Å². The molecule has 0 bridgehead atoms. The fourth-order valence-electron chi connectivity index (χ4n) is 3.48. The predicted molar refractivity (Wildman–Crippen MR) is 121 cm³/mol. The summed E-state index contributed by atoms with van der Waals surface area (Å²) in [5.74, 6) is -1.86. The normalized spacial score (nSPS) is 14.7. The Morgan fingerprint density at radius 1 is 1.16 bits per heavy atom. The molecule has 31 heavy (non-hydrogen) atoms. The van der Waals surface area contributed by atoms with E-state index < -0.39 is 33.7 Å². The Kier molecular flexibility index (Phi) is 6.35. The number of amides is 2. The molecule has 1 aliphatic rings. The van der Waals surface area contributed by atoms with Gasteiger partial charge in [0.25, 0.3) is 11.7 Å². The fraction of sp³-hybridized carbons (Fsp3) is 0.286. The summed E-state index contributed by atoms with van der Waals surface area (Å²) in [5.41, 5.74) is 1.79. The van der Waals surface area contributed by atoms with Crippen molar-refractivity contribution in [1.82, 2.24) is 4.31 Å². The predicted octanol–water partition coefficient (Wildman–Crippen LogP) is 2.95. The van der Waals surface area contributed by atoms with Crippen molar-refractivity contribution in [3.8, 4) is 0 Å². The van der Waals surface area contributed by atoms with Crippen LogP contribution in [-0.2, 0) is 19.6 Å². The van der Waals surface area contributed by atoms with E-state index in [4.69, 9.17) is 0 Å². The first-order chi connectivity index (χ1) is 14.5. The number of rotatable bonds is 6. The van der Waals surface area contributed by atoms with Gasteiger partial charge in [-0.05, 0) is 55.3 Å². The molecule has 2 aromatic rings. The summed E-state index contributed by atoms with van der Waals surface area (Å²) >= 11 is 3.33. The molecule has 8 nitrogen and oxygen atoms in total. The van der Waals surface area contributed by atoms with Crippen molar-refractivity contribution >= 4 is 54.9 Å². The minimum atomic E-state index is -3.58. The summed E-state index contributed by atoms with van der Waals surface area (Å²) in [7, 11) is -0.717. The lowest BCUT2D eigenvalue weighted by Gasteiger charge is -2.27. The summed E-state index contributed by atoms with van der Waals surface area (Å²) < 4.78 is 26.2. The zero-order valence-electron chi connectivity index (χ0n) is 17.5. The molecular formula is C21H22BrN3O5S. The molecule has 1 N–H and O–H groups in total. The van der Waals surface area contributed by atoms with E-state index in [9.17, 15) is 22.8 Å². The van der Waals surface area contributed by atoms with Gasteiger partial charge in [0, 0.05) is 24.3 Å². The fourth-order valence-corrected chi connectivity index (χ4v) is 4.96. The molecule has 3 rings (SSSR count). The Labute approximate surface area is 189 Å². The Morgan fingerprint density at radius 2 is 1.77 bits per heavy atom. The van der Waals surface area contributed by atoms with Gasteiger partial charge in [0.1, 0.15) is 6.04 Å². The Bertz CT molecular complexity index is 1180. The van der Waals surface area contributed by atoms with Crippen LogP contribution in [0.1, 0.15) is 29.3 Å². The monoisotopic (exact) mass is 507 g/mol. The molecule has 2 amide bonds. The van der Waals surface area contributed by atoms with Crippen LogP contribution in [0.2, 0.25) is 0 Å². The second-order valence-corrected chi connectivity index (χ2v) is 10.4. The summed E-state index contributed by atoms with van der Waals surface area (Å²) in [6.07, 6.45) is 0.285. The number of nitrogens with zero attached hydrogens (tertiary/aromatic N) is 2. The highest BCUT2D eigenvalue weighted by atomic mass is 79.9. The molecule has 164 valence electrons. The summed E-state index contributed by atoms with van der Waals surface area (Å²) in [6.45, 7) is 3.53. The quantitative estimate of drug-likeness (QED) is 0.605. The van der Waals surface area contributed by atoms with E-state index in [-0.39, 0.29) is 16.9 Å². The number of nitrogens with one attached hydrogen (secondary N) is 1. The van der Waals surface area contributed by atoms with E-state index in [2.05, 4.69) is 21.2 Å². The van der Waals surface area contributed by atoms with Gasteiger partial charge in [0.15, 0.2) is 0 Å². The Balaban J connectivity index is 1.89. The van der Waals surface area contributed by atoms with Crippen LogP contribution in [0.15, 0.2) is 45.8 Å². The standard InChI is InChI=1S/C21H22BrN3O5S/c1-5-17(25-18-12(2)10-13(22)11-16(18)19(26)21(25)28)20(27)23-14-6-8-15(9-7-14)31(29,30)24(3)4/h6-11,17H,5H2,1-4H3,(H,23,27). The number of carbonyl (C=O) groups excluding carboxylic acids is 3. The number of hydrogen-bond donors (Lipinski definition) is 1. The Morgan fingerprint density at radius 3 is 2.32 bits per heavy atom. The first-order valence-electron chi connectivity index (χ1n) is 9.50. The zero-order valence-corrected chi connectivity index (χ0v) is 19.9. The lowest BCUT2D eigenvalue weighted by atomic mass is 10.1. The van der Waals surface area contributed by atoms with Gasteiger partial charge < -0.3 is 5.32 Å². The van der Waals surface area contributed by atoms with Crippen molar-refractivity contribution in [1.29, 1.82) is 0 Å². The third-order valence-electron chi connectivity index (χ3n) is 5.07. The molecule has 1 atom stereocenters. The molecular weight excluding hydrogens is 486 g/mol. The highest BCUT2D eigenvalue weighted by molar-refractivity contribution is 9.10. The molecule has 0 aliphatic carbocycles. The molecule has 0 saturated carbocycles. The minimum Gasteiger partial charge on any atom is -0.324 e. The maximum absolute atomic E-state index is 13.0. The average molecular weight is 508 g/mol.